The van der Waals surface area contributed by atoms with Crippen LogP contribution in [-0.2, 0) is 6.61 Å². The first-order chi connectivity index (χ1) is 9.79. The predicted molar refractivity (Wildman–Crippen MR) is 76.1 cm³/mol. The van der Waals surface area contributed by atoms with E-state index in [1.807, 2.05) is 55.6 Å². The third-order valence-electron chi connectivity index (χ3n) is 3.18. The van der Waals surface area contributed by atoms with Gasteiger partial charge in [0.15, 0.2) is 17.7 Å². The van der Waals surface area contributed by atoms with Gasteiger partial charge in [0.2, 0.25) is 0 Å². The van der Waals surface area contributed by atoms with Crippen molar-refractivity contribution in [3.63, 3.8) is 0 Å². The number of pyridine rings is 1. The molecule has 1 aromatic carbocycles. The molecule has 0 saturated heterocycles. The van der Waals surface area contributed by atoms with Crippen LogP contribution in [0.15, 0.2) is 48.7 Å². The van der Waals surface area contributed by atoms with E-state index in [1.165, 1.54) is 0 Å². The molecule has 0 aliphatic carbocycles. The lowest BCUT2D eigenvalue weighted by atomic mass is 10.2. The Morgan fingerprint density at radius 3 is 2.75 bits per heavy atom. The predicted octanol–water partition coefficient (Wildman–Crippen LogP) is 3.03. The minimum Gasteiger partial charge on any atom is -0.485 e. The highest BCUT2D eigenvalue weighted by Gasteiger charge is 2.11. The number of imidazole rings is 1. The van der Waals surface area contributed by atoms with Crippen LogP contribution in [-0.4, -0.2) is 15.7 Å². The molecule has 2 heterocycles. The van der Waals surface area contributed by atoms with E-state index in [-0.39, 0.29) is 0 Å². The molecule has 100 valence electrons. The molecule has 2 aromatic heterocycles. The van der Waals surface area contributed by atoms with Crippen LogP contribution in [0.3, 0.4) is 0 Å². The van der Waals surface area contributed by atoms with Gasteiger partial charge in [0.1, 0.15) is 12.3 Å². The van der Waals surface area contributed by atoms with Gasteiger partial charge in [-0.15, -0.1) is 0 Å². The summed E-state index contributed by atoms with van der Waals surface area (Å²) in [5.41, 5.74) is 3.03. The summed E-state index contributed by atoms with van der Waals surface area (Å²) in [6, 6.07) is 13.6. The molecule has 0 bridgehead atoms. The minimum absolute atomic E-state index is 0.475. The number of aryl methyl sites for hydroxylation is 1. The van der Waals surface area contributed by atoms with E-state index in [0.29, 0.717) is 29.4 Å². The van der Waals surface area contributed by atoms with Gasteiger partial charge in [-0.25, -0.2) is 4.98 Å². The first-order valence-electron chi connectivity index (χ1n) is 6.39. The number of benzene rings is 1. The summed E-state index contributed by atoms with van der Waals surface area (Å²) >= 11 is 0. The second-order valence-corrected chi connectivity index (χ2v) is 4.54. The number of nitrogens with zero attached hydrogens (tertiary/aromatic N) is 2. The molecule has 20 heavy (non-hydrogen) atoms. The molecule has 0 aliphatic heterocycles. The van der Waals surface area contributed by atoms with Gasteiger partial charge in [-0.1, -0.05) is 30.3 Å². The average molecular weight is 266 g/mol. The third-order valence-corrected chi connectivity index (χ3v) is 3.18. The van der Waals surface area contributed by atoms with E-state index in [9.17, 15) is 4.79 Å². The monoisotopic (exact) mass is 266 g/mol. The maximum atomic E-state index is 11.1. The number of carbonyl (C=O) groups is 1. The molecule has 0 spiro atoms. The van der Waals surface area contributed by atoms with Crippen molar-refractivity contribution in [1.82, 2.24) is 9.38 Å². The van der Waals surface area contributed by atoms with Gasteiger partial charge in [-0.2, -0.15) is 0 Å². The van der Waals surface area contributed by atoms with Crippen molar-refractivity contribution in [1.29, 1.82) is 0 Å². The maximum Gasteiger partial charge on any atom is 0.180 e. The molecule has 4 nitrogen and oxygen atoms in total. The lowest BCUT2D eigenvalue weighted by Gasteiger charge is -2.07. The zero-order valence-electron chi connectivity index (χ0n) is 11.1. The highest BCUT2D eigenvalue weighted by Crippen LogP contribution is 2.22. The van der Waals surface area contributed by atoms with Crippen LogP contribution in [0.2, 0.25) is 0 Å². The Bertz CT molecular complexity index is 748. The van der Waals surface area contributed by atoms with Crippen LogP contribution in [0, 0.1) is 6.92 Å². The number of ether oxygens (including phenoxy) is 1. The number of rotatable bonds is 4. The van der Waals surface area contributed by atoms with E-state index >= 15 is 0 Å². The zero-order valence-corrected chi connectivity index (χ0v) is 11.1. The van der Waals surface area contributed by atoms with Gasteiger partial charge in [0.05, 0.1) is 5.69 Å². The normalized spacial score (nSPS) is 10.7. The summed E-state index contributed by atoms with van der Waals surface area (Å²) in [5, 5.41) is 0. The van der Waals surface area contributed by atoms with Crippen LogP contribution >= 0.6 is 0 Å². The van der Waals surface area contributed by atoms with Crippen LogP contribution in [0.5, 0.6) is 5.75 Å². The highest BCUT2D eigenvalue weighted by molar-refractivity contribution is 5.77. The van der Waals surface area contributed by atoms with Gasteiger partial charge in [-0.3, -0.25) is 9.20 Å². The molecule has 4 heteroatoms. The van der Waals surface area contributed by atoms with E-state index in [4.69, 9.17) is 4.74 Å². The minimum atomic E-state index is 0.475. The van der Waals surface area contributed by atoms with Gasteiger partial charge in [0, 0.05) is 6.20 Å². The Labute approximate surface area is 116 Å². The number of aldehydes is 1. The second-order valence-electron chi connectivity index (χ2n) is 4.54. The quantitative estimate of drug-likeness (QED) is 0.682. The number of hydrogen-bond acceptors (Lipinski definition) is 3. The number of aromatic nitrogens is 2. The smallest absolute Gasteiger partial charge is 0.180 e. The summed E-state index contributed by atoms with van der Waals surface area (Å²) in [6.45, 7) is 2.29. The molecule has 0 aliphatic rings. The molecular weight excluding hydrogens is 252 g/mol. The fraction of sp³-hybridized carbons (Fsp3) is 0.125. The van der Waals surface area contributed by atoms with Crippen LogP contribution < -0.4 is 4.74 Å². The average Bonchev–Trinajstić information content (AvgIpc) is 2.82. The molecule has 3 aromatic rings. The SMILES string of the molecule is Cc1nc2c(OCc3ccccc3)cccn2c1C=O. The van der Waals surface area contributed by atoms with Crippen molar-refractivity contribution in [3.05, 3.63) is 65.6 Å². The second kappa shape index (κ2) is 5.17. The first kappa shape index (κ1) is 12.4. The van der Waals surface area contributed by atoms with Crippen molar-refractivity contribution < 1.29 is 9.53 Å². The standard InChI is InChI=1S/C16H14N2O2/c1-12-14(10-19)18-9-5-8-15(16(18)17-12)20-11-13-6-3-2-4-7-13/h2-10H,11H2,1H3. The van der Waals surface area contributed by atoms with Crippen molar-refractivity contribution in [2.45, 2.75) is 13.5 Å². The van der Waals surface area contributed by atoms with Gasteiger partial charge in [0.25, 0.3) is 0 Å². The van der Waals surface area contributed by atoms with E-state index in [0.717, 1.165) is 11.8 Å². The largest absolute Gasteiger partial charge is 0.485 e. The topological polar surface area (TPSA) is 43.6 Å². The Balaban J connectivity index is 1.94. The van der Waals surface area contributed by atoms with Crippen molar-refractivity contribution in [2.24, 2.45) is 0 Å². The maximum absolute atomic E-state index is 11.1. The Morgan fingerprint density at radius 2 is 2.00 bits per heavy atom. The number of carbonyl (C=O) groups excluding carboxylic acids is 1. The van der Waals surface area contributed by atoms with Crippen LogP contribution in [0.4, 0.5) is 0 Å². The first-order valence-corrected chi connectivity index (χ1v) is 6.39. The molecule has 0 saturated carbocycles. The molecular formula is C16H14N2O2. The molecule has 0 amide bonds. The van der Waals surface area contributed by atoms with Crippen molar-refractivity contribution >= 4 is 11.9 Å². The van der Waals surface area contributed by atoms with E-state index < -0.39 is 0 Å². The lowest BCUT2D eigenvalue weighted by molar-refractivity contribution is 0.111. The number of hydrogen-bond donors (Lipinski definition) is 0. The molecule has 0 unspecified atom stereocenters. The Hall–Kier alpha value is -2.62. The summed E-state index contributed by atoms with van der Waals surface area (Å²) in [4.78, 5) is 15.5. The summed E-state index contributed by atoms with van der Waals surface area (Å²) in [6.07, 6.45) is 2.63. The zero-order chi connectivity index (χ0) is 13.9. The number of fused-ring (bicyclic) bond motifs is 1. The van der Waals surface area contributed by atoms with Gasteiger partial charge in [-0.05, 0) is 24.6 Å². The van der Waals surface area contributed by atoms with Crippen LogP contribution in [0.25, 0.3) is 5.65 Å². The Morgan fingerprint density at radius 1 is 1.20 bits per heavy atom. The van der Waals surface area contributed by atoms with E-state index in [2.05, 4.69) is 4.98 Å². The third kappa shape index (κ3) is 2.16. The summed E-state index contributed by atoms with van der Waals surface area (Å²) < 4.78 is 7.57. The summed E-state index contributed by atoms with van der Waals surface area (Å²) in [5.74, 6) is 0.674. The summed E-state index contributed by atoms with van der Waals surface area (Å²) in [7, 11) is 0. The van der Waals surface area contributed by atoms with Crippen molar-refractivity contribution in [3.8, 4) is 5.75 Å². The van der Waals surface area contributed by atoms with Gasteiger partial charge >= 0.3 is 0 Å². The molecule has 0 fully saturated rings. The highest BCUT2D eigenvalue weighted by atomic mass is 16.5. The molecule has 0 atom stereocenters. The lowest BCUT2D eigenvalue weighted by Crippen LogP contribution is -1.98. The molecule has 0 N–H and O–H groups in total. The molecule has 0 radical (unpaired) electrons. The fourth-order valence-electron chi connectivity index (χ4n) is 2.16. The van der Waals surface area contributed by atoms with Crippen molar-refractivity contribution in [2.75, 3.05) is 0 Å². The fourth-order valence-corrected chi connectivity index (χ4v) is 2.16. The Kier molecular flexibility index (Phi) is 3.21. The van der Waals surface area contributed by atoms with Gasteiger partial charge < -0.3 is 4.74 Å². The molecule has 3 rings (SSSR count). The van der Waals surface area contributed by atoms with E-state index in [1.54, 1.807) is 4.40 Å². The van der Waals surface area contributed by atoms with Crippen LogP contribution in [0.1, 0.15) is 21.7 Å².